The summed E-state index contributed by atoms with van der Waals surface area (Å²) in [6.45, 7) is 4.27. The van der Waals surface area contributed by atoms with Gasteiger partial charge in [0.1, 0.15) is 0 Å². The number of halogens is 1. The Kier molecular flexibility index (Phi) is 5.44. The molecule has 3 N–H and O–H groups in total. The second-order valence-electron chi connectivity index (χ2n) is 5.90. The third-order valence-corrected chi connectivity index (χ3v) is 4.49. The molecule has 3 nitrogen and oxygen atoms in total. The van der Waals surface area contributed by atoms with Crippen LogP contribution in [0.2, 0.25) is 5.02 Å². The first kappa shape index (κ1) is 15.3. The van der Waals surface area contributed by atoms with E-state index in [0.717, 1.165) is 5.69 Å². The Balaban J connectivity index is 1.86. The average Bonchev–Trinajstić information content (AvgIpc) is 2.44. The van der Waals surface area contributed by atoms with Crippen molar-refractivity contribution in [3.8, 4) is 0 Å². The van der Waals surface area contributed by atoms with Gasteiger partial charge in [-0.3, -0.25) is 4.79 Å². The predicted octanol–water partition coefficient (Wildman–Crippen LogP) is 2.81. The normalized spacial score (nSPS) is 24.1. The highest BCUT2D eigenvalue weighted by Gasteiger charge is 2.28. The first-order valence-corrected chi connectivity index (χ1v) is 7.85. The van der Waals surface area contributed by atoms with Crippen LogP contribution in [0.4, 0.5) is 5.69 Å². The molecule has 1 aromatic rings. The van der Waals surface area contributed by atoms with Crippen molar-refractivity contribution in [3.63, 3.8) is 0 Å². The van der Waals surface area contributed by atoms with Gasteiger partial charge in [-0.1, -0.05) is 24.9 Å². The lowest BCUT2D eigenvalue weighted by atomic mass is 9.85. The summed E-state index contributed by atoms with van der Waals surface area (Å²) in [5.74, 6) is 0.764. The molecule has 4 heteroatoms. The maximum Gasteiger partial charge on any atom is 0.282 e. The van der Waals surface area contributed by atoms with Crippen LogP contribution in [-0.2, 0) is 4.79 Å². The molecule has 0 bridgehead atoms. The van der Waals surface area contributed by atoms with Gasteiger partial charge in [-0.15, -0.1) is 0 Å². The highest BCUT2D eigenvalue weighted by molar-refractivity contribution is 6.30. The van der Waals surface area contributed by atoms with Crippen LogP contribution in [0.5, 0.6) is 0 Å². The van der Waals surface area contributed by atoms with Crippen LogP contribution in [0.15, 0.2) is 24.3 Å². The SMILES string of the molecule is C[C@H]([NH2+][C@@H]1CCCC[C@@H]1C)C(=O)Nc1ccc(Cl)cc1. The average molecular weight is 296 g/mol. The van der Waals surface area contributed by atoms with Crippen LogP contribution in [-0.4, -0.2) is 18.0 Å². The van der Waals surface area contributed by atoms with E-state index < -0.39 is 0 Å². The summed E-state index contributed by atoms with van der Waals surface area (Å²) in [5.41, 5.74) is 0.802. The van der Waals surface area contributed by atoms with Gasteiger partial charge < -0.3 is 10.6 Å². The first-order valence-electron chi connectivity index (χ1n) is 7.47. The Morgan fingerprint density at radius 2 is 1.95 bits per heavy atom. The minimum Gasteiger partial charge on any atom is -0.334 e. The minimum atomic E-state index is -0.0590. The number of hydrogen-bond donors (Lipinski definition) is 2. The van der Waals surface area contributed by atoms with Crippen molar-refractivity contribution in [2.24, 2.45) is 5.92 Å². The van der Waals surface area contributed by atoms with Crippen LogP contribution < -0.4 is 10.6 Å². The highest BCUT2D eigenvalue weighted by atomic mass is 35.5. The second kappa shape index (κ2) is 7.09. The van der Waals surface area contributed by atoms with E-state index in [9.17, 15) is 4.79 Å². The quantitative estimate of drug-likeness (QED) is 0.881. The van der Waals surface area contributed by atoms with Crippen LogP contribution >= 0.6 is 11.6 Å². The van der Waals surface area contributed by atoms with E-state index in [4.69, 9.17) is 11.6 Å². The van der Waals surface area contributed by atoms with Gasteiger partial charge in [0, 0.05) is 16.6 Å². The summed E-state index contributed by atoms with van der Waals surface area (Å²) in [6, 6.07) is 7.75. The van der Waals surface area contributed by atoms with Gasteiger partial charge in [0.25, 0.3) is 5.91 Å². The number of amides is 1. The second-order valence-corrected chi connectivity index (χ2v) is 6.34. The number of anilines is 1. The number of nitrogens with two attached hydrogens (primary N) is 1. The van der Waals surface area contributed by atoms with Crippen molar-refractivity contribution >= 4 is 23.2 Å². The number of carbonyl (C=O) groups is 1. The lowest BCUT2D eigenvalue weighted by Crippen LogP contribution is -2.97. The van der Waals surface area contributed by atoms with Crippen molar-refractivity contribution in [2.75, 3.05) is 5.32 Å². The van der Waals surface area contributed by atoms with E-state index in [2.05, 4.69) is 17.6 Å². The maximum absolute atomic E-state index is 12.2. The lowest BCUT2D eigenvalue weighted by Gasteiger charge is -2.28. The smallest absolute Gasteiger partial charge is 0.282 e. The van der Waals surface area contributed by atoms with Gasteiger partial charge >= 0.3 is 0 Å². The molecule has 0 spiro atoms. The van der Waals surface area contributed by atoms with Gasteiger partial charge in [-0.25, -0.2) is 0 Å². The van der Waals surface area contributed by atoms with Crippen LogP contribution in [0, 0.1) is 5.92 Å². The number of quaternary nitrogens is 1. The van der Waals surface area contributed by atoms with Crippen molar-refractivity contribution in [1.82, 2.24) is 0 Å². The molecule has 1 aromatic carbocycles. The van der Waals surface area contributed by atoms with E-state index in [1.165, 1.54) is 25.7 Å². The third kappa shape index (κ3) is 4.22. The fourth-order valence-corrected chi connectivity index (χ4v) is 3.00. The monoisotopic (exact) mass is 295 g/mol. The highest BCUT2D eigenvalue weighted by Crippen LogP contribution is 2.21. The molecule has 20 heavy (non-hydrogen) atoms. The Hall–Kier alpha value is -1.06. The summed E-state index contributed by atoms with van der Waals surface area (Å²) in [5, 5.41) is 5.86. The molecule has 0 radical (unpaired) electrons. The molecule has 1 amide bonds. The maximum atomic E-state index is 12.2. The first-order chi connectivity index (χ1) is 9.56. The molecule has 110 valence electrons. The van der Waals surface area contributed by atoms with Crippen molar-refractivity contribution < 1.29 is 10.1 Å². The van der Waals surface area contributed by atoms with Crippen molar-refractivity contribution in [2.45, 2.75) is 51.6 Å². The van der Waals surface area contributed by atoms with E-state index in [1.807, 2.05) is 19.1 Å². The minimum absolute atomic E-state index is 0.0590. The summed E-state index contributed by atoms with van der Waals surface area (Å²) in [7, 11) is 0. The molecule has 1 saturated carbocycles. The van der Waals surface area contributed by atoms with Crippen molar-refractivity contribution in [3.05, 3.63) is 29.3 Å². The summed E-state index contributed by atoms with van der Waals surface area (Å²) < 4.78 is 0. The number of rotatable bonds is 4. The van der Waals surface area contributed by atoms with E-state index in [-0.39, 0.29) is 11.9 Å². The van der Waals surface area contributed by atoms with E-state index in [0.29, 0.717) is 17.0 Å². The largest absolute Gasteiger partial charge is 0.334 e. The van der Waals surface area contributed by atoms with Crippen LogP contribution in [0.25, 0.3) is 0 Å². The number of benzene rings is 1. The fourth-order valence-electron chi connectivity index (χ4n) is 2.88. The molecule has 0 aliphatic heterocycles. The van der Waals surface area contributed by atoms with Crippen LogP contribution in [0.3, 0.4) is 0 Å². The summed E-state index contributed by atoms with van der Waals surface area (Å²) in [4.78, 5) is 12.2. The molecular formula is C16H24ClN2O+. The van der Waals surface area contributed by atoms with Gasteiger partial charge in [0.2, 0.25) is 0 Å². The Bertz CT molecular complexity index is 446. The molecule has 1 fully saturated rings. The summed E-state index contributed by atoms with van der Waals surface area (Å²) >= 11 is 5.84. The fraction of sp³-hybridized carbons (Fsp3) is 0.562. The van der Waals surface area contributed by atoms with Crippen molar-refractivity contribution in [1.29, 1.82) is 0 Å². The molecule has 0 heterocycles. The number of carbonyl (C=O) groups excluding carboxylic acids is 1. The third-order valence-electron chi connectivity index (χ3n) is 4.24. The molecule has 2 rings (SSSR count). The van der Waals surface area contributed by atoms with Gasteiger partial charge in [-0.05, 0) is 50.5 Å². The van der Waals surface area contributed by atoms with E-state index in [1.54, 1.807) is 12.1 Å². The zero-order valence-electron chi connectivity index (χ0n) is 12.2. The zero-order chi connectivity index (χ0) is 14.5. The van der Waals surface area contributed by atoms with Gasteiger partial charge in [0.15, 0.2) is 6.04 Å². The molecule has 0 unspecified atom stereocenters. The zero-order valence-corrected chi connectivity index (χ0v) is 13.0. The van der Waals surface area contributed by atoms with E-state index >= 15 is 0 Å². The topological polar surface area (TPSA) is 45.7 Å². The Morgan fingerprint density at radius 1 is 1.30 bits per heavy atom. The number of hydrogen-bond acceptors (Lipinski definition) is 1. The Morgan fingerprint density at radius 3 is 2.60 bits per heavy atom. The van der Waals surface area contributed by atoms with Gasteiger partial charge in [-0.2, -0.15) is 0 Å². The molecule has 0 saturated heterocycles. The number of nitrogens with one attached hydrogen (secondary N) is 1. The van der Waals surface area contributed by atoms with Crippen LogP contribution in [0.1, 0.15) is 39.5 Å². The summed E-state index contributed by atoms with van der Waals surface area (Å²) in [6.07, 6.45) is 5.13. The molecule has 3 atom stereocenters. The standard InChI is InChI=1S/C16H23ClN2O/c1-11-5-3-4-6-15(11)18-12(2)16(20)19-14-9-7-13(17)8-10-14/h7-12,15,18H,3-6H2,1-2H3,(H,19,20)/p+1/t11-,12-,15+/m0/s1. The van der Waals surface area contributed by atoms with Gasteiger partial charge in [0.05, 0.1) is 6.04 Å². The molecule has 1 aliphatic carbocycles. The lowest BCUT2D eigenvalue weighted by molar-refractivity contribution is -0.714. The Labute approximate surface area is 126 Å². The molecule has 0 aromatic heterocycles. The predicted molar refractivity (Wildman–Crippen MR) is 82.9 cm³/mol. The molecule has 1 aliphatic rings. The molecular weight excluding hydrogens is 272 g/mol.